The molecule has 2 N–H and O–H groups in total. The lowest BCUT2D eigenvalue weighted by atomic mass is 10.1. The molecule has 1 unspecified atom stereocenters. The number of anilines is 1. The van der Waals surface area contributed by atoms with Crippen molar-refractivity contribution in [1.82, 2.24) is 9.55 Å². The maximum atomic E-state index is 6.02. The van der Waals surface area contributed by atoms with E-state index in [0.717, 1.165) is 13.0 Å². The number of hydrogen-bond acceptors (Lipinski definition) is 3. The van der Waals surface area contributed by atoms with Gasteiger partial charge in [-0.1, -0.05) is 19.1 Å². The molecule has 4 nitrogen and oxygen atoms in total. The Bertz CT molecular complexity index is 547. The van der Waals surface area contributed by atoms with E-state index >= 15 is 0 Å². The van der Waals surface area contributed by atoms with E-state index in [1.54, 1.807) is 0 Å². The number of nitrogens with zero attached hydrogens (tertiary/aromatic N) is 3. The highest BCUT2D eigenvalue weighted by Crippen LogP contribution is 2.25. The number of benzene rings is 1. The van der Waals surface area contributed by atoms with Crippen LogP contribution in [0.25, 0.3) is 0 Å². The van der Waals surface area contributed by atoms with Gasteiger partial charge in [0.15, 0.2) is 0 Å². The van der Waals surface area contributed by atoms with Crippen molar-refractivity contribution in [1.29, 1.82) is 0 Å². The molecule has 0 spiro atoms. The van der Waals surface area contributed by atoms with Gasteiger partial charge in [-0.15, -0.1) is 0 Å². The van der Waals surface area contributed by atoms with Gasteiger partial charge in [0.25, 0.3) is 0 Å². The molecule has 0 bridgehead atoms. The third kappa shape index (κ3) is 3.02. The minimum absolute atomic E-state index is 0.144. The van der Waals surface area contributed by atoms with Crippen molar-refractivity contribution in [3.05, 3.63) is 48.0 Å². The summed E-state index contributed by atoms with van der Waals surface area (Å²) in [5, 5.41) is 0. The second kappa shape index (κ2) is 6.57. The highest BCUT2D eigenvalue weighted by molar-refractivity contribution is 5.49. The molecule has 1 aromatic heterocycles. The fraction of sp³-hybridized carbons (Fsp3) is 0.438. The Labute approximate surface area is 121 Å². The summed E-state index contributed by atoms with van der Waals surface area (Å²) < 4.78 is 2.20. The SMILES string of the molecule is CCCn1cncc1C(CN)N(C)c1cccc(C)c1. The van der Waals surface area contributed by atoms with E-state index in [4.69, 9.17) is 5.73 Å². The van der Waals surface area contributed by atoms with Gasteiger partial charge in [0.2, 0.25) is 0 Å². The Morgan fingerprint density at radius 3 is 2.85 bits per heavy atom. The Morgan fingerprint density at radius 2 is 2.20 bits per heavy atom. The monoisotopic (exact) mass is 272 g/mol. The maximum Gasteiger partial charge on any atom is 0.0948 e. The zero-order chi connectivity index (χ0) is 14.5. The average molecular weight is 272 g/mol. The molecule has 1 aromatic carbocycles. The van der Waals surface area contributed by atoms with E-state index in [9.17, 15) is 0 Å². The largest absolute Gasteiger partial charge is 0.365 e. The van der Waals surface area contributed by atoms with Crippen LogP contribution in [0.4, 0.5) is 5.69 Å². The van der Waals surface area contributed by atoms with Crippen molar-refractivity contribution >= 4 is 5.69 Å². The van der Waals surface area contributed by atoms with Crippen LogP contribution in [0.1, 0.15) is 30.6 Å². The number of likely N-dealkylation sites (N-methyl/N-ethyl adjacent to an activating group) is 1. The Balaban J connectivity index is 2.29. The minimum Gasteiger partial charge on any atom is -0.365 e. The molecule has 0 aliphatic rings. The number of aromatic nitrogens is 2. The zero-order valence-electron chi connectivity index (χ0n) is 12.6. The first-order valence-corrected chi connectivity index (χ1v) is 7.17. The maximum absolute atomic E-state index is 6.02. The summed E-state index contributed by atoms with van der Waals surface area (Å²) in [6.07, 6.45) is 4.92. The van der Waals surface area contributed by atoms with Gasteiger partial charge in [-0.2, -0.15) is 0 Å². The van der Waals surface area contributed by atoms with E-state index in [1.807, 2.05) is 12.5 Å². The highest BCUT2D eigenvalue weighted by atomic mass is 15.2. The van der Waals surface area contributed by atoms with Crippen molar-refractivity contribution < 1.29 is 0 Å². The van der Waals surface area contributed by atoms with Crippen molar-refractivity contribution in [3.63, 3.8) is 0 Å². The van der Waals surface area contributed by atoms with Crippen molar-refractivity contribution in [2.45, 2.75) is 32.9 Å². The van der Waals surface area contributed by atoms with Gasteiger partial charge in [-0.25, -0.2) is 4.98 Å². The van der Waals surface area contributed by atoms with Crippen LogP contribution in [0.5, 0.6) is 0 Å². The fourth-order valence-corrected chi connectivity index (χ4v) is 2.54. The van der Waals surface area contributed by atoms with Crippen LogP contribution in [0.3, 0.4) is 0 Å². The predicted octanol–water partition coefficient (Wildman–Crippen LogP) is 2.74. The molecular formula is C16H24N4. The summed E-state index contributed by atoms with van der Waals surface area (Å²) in [7, 11) is 2.09. The predicted molar refractivity (Wildman–Crippen MR) is 83.9 cm³/mol. The summed E-state index contributed by atoms with van der Waals surface area (Å²) in [4.78, 5) is 6.52. The highest BCUT2D eigenvalue weighted by Gasteiger charge is 2.19. The standard InChI is InChI=1S/C16H24N4/c1-4-8-20-12-18-11-16(20)15(10-17)19(3)14-7-5-6-13(2)9-14/h5-7,9,11-12,15H,4,8,10,17H2,1-3H3. The van der Waals surface area contributed by atoms with Crippen LogP contribution in [0.15, 0.2) is 36.8 Å². The number of nitrogens with two attached hydrogens (primary N) is 1. The number of aryl methyl sites for hydroxylation is 2. The van der Waals surface area contributed by atoms with Crippen molar-refractivity contribution in [3.8, 4) is 0 Å². The van der Waals surface area contributed by atoms with Crippen molar-refractivity contribution in [2.75, 3.05) is 18.5 Å². The normalized spacial score (nSPS) is 12.4. The third-order valence-corrected chi connectivity index (χ3v) is 3.65. The van der Waals surface area contributed by atoms with Crippen LogP contribution < -0.4 is 10.6 Å². The van der Waals surface area contributed by atoms with Crippen LogP contribution in [-0.4, -0.2) is 23.1 Å². The molecule has 0 saturated carbocycles. The summed E-state index contributed by atoms with van der Waals surface area (Å²) in [6, 6.07) is 8.64. The molecule has 1 heterocycles. The lowest BCUT2D eigenvalue weighted by Gasteiger charge is -2.30. The quantitative estimate of drug-likeness (QED) is 0.879. The zero-order valence-corrected chi connectivity index (χ0v) is 12.6. The van der Waals surface area contributed by atoms with Crippen molar-refractivity contribution in [2.24, 2.45) is 5.73 Å². The molecular weight excluding hydrogens is 248 g/mol. The summed E-state index contributed by atoms with van der Waals surface area (Å²) in [5.74, 6) is 0. The molecule has 0 radical (unpaired) electrons. The minimum atomic E-state index is 0.144. The van der Waals surface area contributed by atoms with Gasteiger partial charge in [-0.05, 0) is 31.0 Å². The van der Waals surface area contributed by atoms with Gasteiger partial charge >= 0.3 is 0 Å². The molecule has 0 aliphatic heterocycles. The molecule has 0 fully saturated rings. The summed E-state index contributed by atoms with van der Waals surface area (Å²) in [5.41, 5.74) is 9.64. The number of imidazole rings is 1. The third-order valence-electron chi connectivity index (χ3n) is 3.65. The average Bonchev–Trinajstić information content (AvgIpc) is 2.88. The van der Waals surface area contributed by atoms with E-state index in [1.165, 1.54) is 16.9 Å². The van der Waals surface area contributed by atoms with Crippen LogP contribution in [0.2, 0.25) is 0 Å². The lowest BCUT2D eigenvalue weighted by Crippen LogP contribution is -2.32. The molecule has 0 saturated heterocycles. The van der Waals surface area contributed by atoms with Crippen LogP contribution >= 0.6 is 0 Å². The second-order valence-electron chi connectivity index (χ2n) is 5.21. The number of rotatable bonds is 6. The number of hydrogen-bond donors (Lipinski definition) is 1. The van der Waals surface area contributed by atoms with E-state index < -0.39 is 0 Å². The molecule has 108 valence electrons. The second-order valence-corrected chi connectivity index (χ2v) is 5.21. The van der Waals surface area contributed by atoms with Crippen LogP contribution in [0, 0.1) is 6.92 Å². The Hall–Kier alpha value is -1.81. The smallest absolute Gasteiger partial charge is 0.0948 e. The lowest BCUT2D eigenvalue weighted by molar-refractivity contribution is 0.578. The van der Waals surface area contributed by atoms with E-state index in [2.05, 4.69) is 59.6 Å². The first-order valence-electron chi connectivity index (χ1n) is 7.17. The first kappa shape index (κ1) is 14.6. The summed E-state index contributed by atoms with van der Waals surface area (Å²) in [6.45, 7) is 5.83. The Kier molecular flexibility index (Phi) is 4.79. The van der Waals surface area contributed by atoms with Gasteiger partial charge in [0.05, 0.1) is 24.3 Å². The molecule has 20 heavy (non-hydrogen) atoms. The molecule has 1 atom stereocenters. The molecule has 2 aromatic rings. The van der Waals surface area contributed by atoms with Gasteiger partial charge in [0.1, 0.15) is 0 Å². The first-order chi connectivity index (χ1) is 9.67. The van der Waals surface area contributed by atoms with Gasteiger partial charge in [-0.3, -0.25) is 0 Å². The van der Waals surface area contributed by atoms with Gasteiger partial charge < -0.3 is 15.2 Å². The van der Waals surface area contributed by atoms with E-state index in [-0.39, 0.29) is 6.04 Å². The summed E-state index contributed by atoms with van der Waals surface area (Å²) >= 11 is 0. The molecule has 0 aliphatic carbocycles. The topological polar surface area (TPSA) is 47.1 Å². The van der Waals surface area contributed by atoms with Gasteiger partial charge in [0, 0.05) is 25.8 Å². The van der Waals surface area contributed by atoms with Crippen LogP contribution in [-0.2, 0) is 6.54 Å². The molecule has 0 amide bonds. The Morgan fingerprint density at radius 1 is 1.40 bits per heavy atom. The molecule has 2 rings (SSSR count). The fourth-order valence-electron chi connectivity index (χ4n) is 2.54. The van der Waals surface area contributed by atoms with E-state index in [0.29, 0.717) is 6.54 Å². The molecule has 4 heteroatoms.